The van der Waals surface area contributed by atoms with Crippen LogP contribution in [0.25, 0.3) is 16.8 Å². The topological polar surface area (TPSA) is 125 Å². The van der Waals surface area contributed by atoms with E-state index in [0.717, 1.165) is 47.5 Å². The first-order chi connectivity index (χ1) is 20.6. The number of carbonyl (C=O) groups is 2. The summed E-state index contributed by atoms with van der Waals surface area (Å²) in [4.78, 5) is 26.4. The molecule has 3 unspecified atom stereocenters. The summed E-state index contributed by atoms with van der Waals surface area (Å²) >= 11 is 0. The SMILES string of the molecule is Cn1cc(C2CC2c2c(C(=O)O)cnn2-c2cccc(-c3cccc(OC4CCCN(C(=O)OC(C)(C)C)C4)c3)c2)nn1. The molecule has 4 aromatic rings. The molecule has 1 saturated heterocycles. The Morgan fingerprint density at radius 2 is 1.81 bits per heavy atom. The minimum atomic E-state index is -1.00. The summed E-state index contributed by atoms with van der Waals surface area (Å²) in [6.07, 6.45) is 5.34. The number of aromatic carboxylic acids is 1. The minimum Gasteiger partial charge on any atom is -0.489 e. The molecule has 2 fully saturated rings. The highest BCUT2D eigenvalue weighted by atomic mass is 16.6. The maximum Gasteiger partial charge on any atom is 0.410 e. The smallest absolute Gasteiger partial charge is 0.410 e. The summed E-state index contributed by atoms with van der Waals surface area (Å²) < 4.78 is 15.3. The van der Waals surface area contributed by atoms with E-state index in [9.17, 15) is 14.7 Å². The highest BCUT2D eigenvalue weighted by Gasteiger charge is 2.46. The van der Waals surface area contributed by atoms with Crippen molar-refractivity contribution in [1.29, 1.82) is 0 Å². The molecular formula is C32H36N6O5. The van der Waals surface area contributed by atoms with Crippen LogP contribution in [-0.2, 0) is 11.8 Å². The average Bonchev–Trinajstić information content (AvgIpc) is 3.41. The van der Waals surface area contributed by atoms with Crippen molar-refractivity contribution in [1.82, 2.24) is 29.7 Å². The number of aryl methyl sites for hydroxylation is 1. The van der Waals surface area contributed by atoms with Crippen molar-refractivity contribution in [2.24, 2.45) is 7.05 Å². The largest absolute Gasteiger partial charge is 0.489 e. The number of carboxylic acids is 1. The fraction of sp³-hybridized carbons (Fsp3) is 0.406. The second kappa shape index (κ2) is 11.2. The molecule has 0 bridgehead atoms. The number of hydrogen-bond acceptors (Lipinski definition) is 7. The number of carbonyl (C=O) groups excluding carboxylic acids is 1. The second-order valence-corrected chi connectivity index (χ2v) is 12.3. The zero-order valence-corrected chi connectivity index (χ0v) is 24.8. The van der Waals surface area contributed by atoms with Crippen LogP contribution < -0.4 is 4.74 Å². The van der Waals surface area contributed by atoms with Crippen LogP contribution in [-0.4, -0.2) is 71.6 Å². The number of ether oxygens (including phenoxy) is 2. The molecule has 1 aliphatic heterocycles. The Morgan fingerprint density at radius 3 is 2.53 bits per heavy atom. The number of carboxylic acid groups (broad SMARTS) is 1. The van der Waals surface area contributed by atoms with Gasteiger partial charge >= 0.3 is 12.1 Å². The lowest BCUT2D eigenvalue weighted by atomic mass is 10.0. The first-order valence-corrected chi connectivity index (χ1v) is 14.6. The summed E-state index contributed by atoms with van der Waals surface area (Å²) in [5, 5.41) is 22.7. The third kappa shape index (κ3) is 6.25. The Kier molecular flexibility index (Phi) is 7.41. The highest BCUT2D eigenvalue weighted by Crippen LogP contribution is 2.55. The molecule has 6 rings (SSSR count). The predicted molar refractivity (Wildman–Crippen MR) is 159 cm³/mol. The van der Waals surface area contributed by atoms with Crippen molar-refractivity contribution in [2.75, 3.05) is 13.1 Å². The summed E-state index contributed by atoms with van der Waals surface area (Å²) in [7, 11) is 1.82. The van der Waals surface area contributed by atoms with Crippen molar-refractivity contribution in [2.45, 2.75) is 63.6 Å². The maximum atomic E-state index is 12.6. The predicted octanol–water partition coefficient (Wildman–Crippen LogP) is 5.42. The number of aromatic nitrogens is 5. The van der Waals surface area contributed by atoms with E-state index in [1.165, 1.54) is 6.20 Å². The monoisotopic (exact) mass is 584 g/mol. The van der Waals surface area contributed by atoms with Crippen LogP contribution in [0, 0.1) is 0 Å². The molecule has 1 aliphatic carbocycles. The normalized spacial score (nSPS) is 20.1. The lowest BCUT2D eigenvalue weighted by Gasteiger charge is -2.34. The van der Waals surface area contributed by atoms with Gasteiger partial charge in [0.1, 0.15) is 23.0 Å². The molecule has 11 nitrogen and oxygen atoms in total. The van der Waals surface area contributed by atoms with E-state index >= 15 is 0 Å². The molecule has 2 aromatic carbocycles. The fourth-order valence-electron chi connectivity index (χ4n) is 5.73. The van der Waals surface area contributed by atoms with Gasteiger partial charge in [-0.2, -0.15) is 5.10 Å². The molecule has 224 valence electrons. The van der Waals surface area contributed by atoms with Crippen molar-refractivity contribution >= 4 is 12.1 Å². The average molecular weight is 585 g/mol. The van der Waals surface area contributed by atoms with Gasteiger partial charge in [0.25, 0.3) is 0 Å². The van der Waals surface area contributed by atoms with Crippen LogP contribution >= 0.6 is 0 Å². The molecule has 3 atom stereocenters. The molecule has 43 heavy (non-hydrogen) atoms. The molecule has 1 amide bonds. The first-order valence-electron chi connectivity index (χ1n) is 14.6. The Bertz CT molecular complexity index is 1650. The molecule has 1 saturated carbocycles. The van der Waals surface area contributed by atoms with E-state index < -0.39 is 11.6 Å². The van der Waals surface area contributed by atoms with Crippen LogP contribution in [0.15, 0.2) is 60.9 Å². The third-order valence-electron chi connectivity index (χ3n) is 7.77. The van der Waals surface area contributed by atoms with Crippen LogP contribution in [0.5, 0.6) is 5.75 Å². The van der Waals surface area contributed by atoms with Gasteiger partial charge in [0, 0.05) is 31.6 Å². The maximum absolute atomic E-state index is 12.6. The third-order valence-corrected chi connectivity index (χ3v) is 7.77. The number of likely N-dealkylation sites (tertiary alicyclic amines) is 1. The van der Waals surface area contributed by atoms with Gasteiger partial charge in [-0.05, 0) is 75.4 Å². The molecule has 0 radical (unpaired) electrons. The Labute approximate surface area is 250 Å². The summed E-state index contributed by atoms with van der Waals surface area (Å²) in [5.41, 5.74) is 3.86. The number of rotatable bonds is 7. The minimum absolute atomic E-state index is 0.0126. The number of nitrogens with zero attached hydrogens (tertiary/aromatic N) is 6. The van der Waals surface area contributed by atoms with Gasteiger partial charge in [-0.25, -0.2) is 14.3 Å². The quantitative estimate of drug-likeness (QED) is 0.306. The lowest BCUT2D eigenvalue weighted by Crippen LogP contribution is -2.46. The van der Waals surface area contributed by atoms with E-state index in [4.69, 9.17) is 9.47 Å². The van der Waals surface area contributed by atoms with Gasteiger partial charge in [-0.15, -0.1) is 5.10 Å². The molecule has 1 N–H and O–H groups in total. The Morgan fingerprint density at radius 1 is 1.05 bits per heavy atom. The molecule has 2 aliphatic rings. The first kappa shape index (κ1) is 28.4. The van der Waals surface area contributed by atoms with Gasteiger partial charge in [-0.3, -0.25) is 4.68 Å². The summed E-state index contributed by atoms with van der Waals surface area (Å²) in [6, 6.07) is 15.8. The van der Waals surface area contributed by atoms with E-state index in [1.807, 2.05) is 82.5 Å². The van der Waals surface area contributed by atoms with E-state index in [0.29, 0.717) is 18.8 Å². The van der Waals surface area contributed by atoms with E-state index in [2.05, 4.69) is 15.4 Å². The zero-order chi connectivity index (χ0) is 30.3. The van der Waals surface area contributed by atoms with Crippen LogP contribution in [0.3, 0.4) is 0 Å². The fourth-order valence-corrected chi connectivity index (χ4v) is 5.73. The number of hydrogen-bond donors (Lipinski definition) is 1. The Hall–Kier alpha value is -4.67. The van der Waals surface area contributed by atoms with Crippen molar-refractivity contribution in [3.05, 3.63) is 77.9 Å². The van der Waals surface area contributed by atoms with Gasteiger partial charge in [0.15, 0.2) is 0 Å². The highest BCUT2D eigenvalue weighted by molar-refractivity contribution is 5.89. The number of benzene rings is 2. The van der Waals surface area contributed by atoms with Crippen LogP contribution in [0.1, 0.15) is 73.6 Å². The van der Waals surface area contributed by atoms with Gasteiger partial charge in [0.2, 0.25) is 0 Å². The summed E-state index contributed by atoms with van der Waals surface area (Å²) in [5.74, 6) is -0.191. The second-order valence-electron chi connectivity index (χ2n) is 12.3. The standard InChI is InChI=1S/C32H36N6O5/c1-32(2,3)43-31(41)37-13-7-12-24(18-37)42-23-11-6-9-21(15-23)20-8-5-10-22(14-20)38-29(27(17-33-38)30(39)40)26-16-25(26)28-19-36(4)35-34-28/h5-6,8-11,14-15,17,19,24-26H,7,12-13,16,18H2,1-4H3,(H,39,40). The van der Waals surface area contributed by atoms with Crippen LogP contribution in [0.2, 0.25) is 0 Å². The molecule has 11 heteroatoms. The zero-order valence-electron chi connectivity index (χ0n) is 24.8. The van der Waals surface area contributed by atoms with E-state index in [-0.39, 0.29) is 29.6 Å². The molecule has 3 heterocycles. The Balaban J connectivity index is 1.21. The molecule has 0 spiro atoms. The van der Waals surface area contributed by atoms with Gasteiger partial charge in [0.05, 0.1) is 29.8 Å². The van der Waals surface area contributed by atoms with Crippen molar-refractivity contribution in [3.8, 4) is 22.6 Å². The summed E-state index contributed by atoms with van der Waals surface area (Å²) in [6.45, 7) is 6.72. The van der Waals surface area contributed by atoms with Crippen molar-refractivity contribution in [3.63, 3.8) is 0 Å². The number of piperidine rings is 1. The number of amides is 1. The van der Waals surface area contributed by atoms with Gasteiger partial charge < -0.3 is 19.5 Å². The van der Waals surface area contributed by atoms with Crippen molar-refractivity contribution < 1.29 is 24.2 Å². The lowest BCUT2D eigenvalue weighted by molar-refractivity contribution is 0.00775. The molecule has 2 aromatic heterocycles. The van der Waals surface area contributed by atoms with Crippen LogP contribution in [0.4, 0.5) is 4.79 Å². The van der Waals surface area contributed by atoms with E-state index in [1.54, 1.807) is 14.3 Å². The molecular weight excluding hydrogens is 548 g/mol. The van der Waals surface area contributed by atoms with Gasteiger partial charge in [-0.1, -0.05) is 29.5 Å².